The van der Waals surface area contributed by atoms with Gasteiger partial charge in [-0.15, -0.1) is 0 Å². The number of hydrogen-bond donors (Lipinski definition) is 2. The van der Waals surface area contributed by atoms with Crippen molar-refractivity contribution in [3.05, 3.63) is 78.4 Å². The average molecular weight is 491 g/mol. The van der Waals surface area contributed by atoms with Crippen molar-refractivity contribution in [3.8, 4) is 22.6 Å². The fourth-order valence-corrected chi connectivity index (χ4v) is 5.02. The maximum absolute atomic E-state index is 13.3. The molecule has 0 spiro atoms. The highest BCUT2D eigenvalue weighted by atomic mass is 32.2. The molecule has 0 saturated carbocycles. The van der Waals surface area contributed by atoms with Crippen molar-refractivity contribution in [2.75, 3.05) is 24.3 Å². The first kappa shape index (κ1) is 24.1. The number of nitrogens with one attached hydrogen (secondary N) is 2. The number of amides is 1. The van der Waals surface area contributed by atoms with E-state index in [2.05, 4.69) is 10.0 Å². The third kappa shape index (κ3) is 4.93. The zero-order valence-electron chi connectivity index (χ0n) is 19.9. The smallest absolute Gasteiger partial charge is 0.261 e. The number of rotatable bonds is 7. The molecule has 7 nitrogen and oxygen atoms in total. The van der Waals surface area contributed by atoms with Crippen LogP contribution in [0.1, 0.15) is 12.5 Å². The zero-order valence-corrected chi connectivity index (χ0v) is 20.7. The summed E-state index contributed by atoms with van der Waals surface area (Å²) < 4.78 is 40.3. The van der Waals surface area contributed by atoms with Crippen LogP contribution in [0.15, 0.2) is 77.7 Å². The third-order valence-electron chi connectivity index (χ3n) is 5.61. The van der Waals surface area contributed by atoms with Crippen LogP contribution in [-0.4, -0.2) is 28.5 Å². The predicted octanol–water partition coefficient (Wildman–Crippen LogP) is 5.59. The van der Waals surface area contributed by atoms with Gasteiger partial charge in [0.15, 0.2) is 11.5 Å². The van der Waals surface area contributed by atoms with Crippen LogP contribution in [0.5, 0.6) is 11.5 Å². The SMILES string of the molecule is COc1cc(NS(=O)(=O)c2ccc(C)cc2)c(-c2c(NC(C)=O)ccc3ccccc23)cc1OC. The Morgan fingerprint density at radius 3 is 2.14 bits per heavy atom. The summed E-state index contributed by atoms with van der Waals surface area (Å²) >= 11 is 0. The summed E-state index contributed by atoms with van der Waals surface area (Å²) in [4.78, 5) is 12.1. The molecule has 0 heterocycles. The lowest BCUT2D eigenvalue weighted by molar-refractivity contribution is -0.114. The van der Waals surface area contributed by atoms with Gasteiger partial charge in [0.2, 0.25) is 5.91 Å². The van der Waals surface area contributed by atoms with Crippen LogP contribution in [0.3, 0.4) is 0 Å². The second kappa shape index (κ2) is 9.68. The quantitative estimate of drug-likeness (QED) is 0.352. The van der Waals surface area contributed by atoms with E-state index >= 15 is 0 Å². The third-order valence-corrected chi connectivity index (χ3v) is 6.99. The number of hydrogen-bond acceptors (Lipinski definition) is 5. The second-order valence-electron chi connectivity index (χ2n) is 8.06. The van der Waals surface area contributed by atoms with Crippen molar-refractivity contribution in [2.24, 2.45) is 0 Å². The highest BCUT2D eigenvalue weighted by molar-refractivity contribution is 7.92. The Morgan fingerprint density at radius 2 is 1.49 bits per heavy atom. The van der Waals surface area contributed by atoms with E-state index in [1.165, 1.54) is 21.1 Å². The maximum Gasteiger partial charge on any atom is 0.261 e. The van der Waals surface area contributed by atoms with Crippen LogP contribution in [0.4, 0.5) is 11.4 Å². The van der Waals surface area contributed by atoms with E-state index in [9.17, 15) is 13.2 Å². The molecule has 4 aromatic carbocycles. The molecule has 0 atom stereocenters. The van der Waals surface area contributed by atoms with Crippen molar-refractivity contribution in [2.45, 2.75) is 18.7 Å². The summed E-state index contributed by atoms with van der Waals surface area (Å²) in [5, 5.41) is 4.63. The van der Waals surface area contributed by atoms with Gasteiger partial charge in [-0.25, -0.2) is 8.42 Å². The van der Waals surface area contributed by atoms with Crippen LogP contribution in [0.2, 0.25) is 0 Å². The average Bonchev–Trinajstić information content (AvgIpc) is 2.83. The molecule has 4 aromatic rings. The molecule has 35 heavy (non-hydrogen) atoms. The molecule has 0 aliphatic rings. The van der Waals surface area contributed by atoms with E-state index in [1.807, 2.05) is 37.3 Å². The number of fused-ring (bicyclic) bond motifs is 1. The molecule has 2 N–H and O–H groups in total. The van der Waals surface area contributed by atoms with Gasteiger partial charge in [0.1, 0.15) is 0 Å². The summed E-state index contributed by atoms with van der Waals surface area (Å²) in [6, 6.07) is 21.3. The number of carbonyl (C=O) groups excluding carboxylic acids is 1. The molecular formula is C27H26N2O5S. The summed E-state index contributed by atoms with van der Waals surface area (Å²) in [6.45, 7) is 3.31. The molecule has 180 valence electrons. The number of ether oxygens (including phenoxy) is 2. The van der Waals surface area contributed by atoms with Crippen LogP contribution >= 0.6 is 0 Å². The minimum atomic E-state index is -3.93. The molecule has 0 bridgehead atoms. The van der Waals surface area contributed by atoms with Crippen LogP contribution in [0, 0.1) is 6.92 Å². The van der Waals surface area contributed by atoms with Gasteiger partial charge < -0.3 is 14.8 Å². The number of methoxy groups -OCH3 is 2. The van der Waals surface area contributed by atoms with E-state index in [1.54, 1.807) is 42.5 Å². The van der Waals surface area contributed by atoms with Crippen LogP contribution < -0.4 is 19.5 Å². The van der Waals surface area contributed by atoms with Gasteiger partial charge in [-0.3, -0.25) is 9.52 Å². The fourth-order valence-electron chi connectivity index (χ4n) is 3.95. The topological polar surface area (TPSA) is 93.7 Å². The molecule has 0 aliphatic heterocycles. The minimum absolute atomic E-state index is 0.129. The van der Waals surface area contributed by atoms with Crippen LogP contribution in [0.25, 0.3) is 21.9 Å². The summed E-state index contributed by atoms with van der Waals surface area (Å²) in [6.07, 6.45) is 0. The van der Waals surface area contributed by atoms with Gasteiger partial charge >= 0.3 is 0 Å². The number of benzene rings is 4. The molecule has 0 aromatic heterocycles. The standard InChI is InChI=1S/C27H26N2O5S/c1-17-9-12-20(13-10-17)35(31,32)29-24-16-26(34-4)25(33-3)15-22(24)27-21-8-6-5-7-19(21)11-14-23(27)28-18(2)30/h5-16,29H,1-4H3,(H,28,30). The Balaban J connectivity index is 2.00. The Hall–Kier alpha value is -4.04. The molecule has 0 radical (unpaired) electrons. The first-order valence-electron chi connectivity index (χ1n) is 10.9. The van der Waals surface area contributed by atoms with Crippen molar-refractivity contribution in [1.29, 1.82) is 0 Å². The summed E-state index contributed by atoms with van der Waals surface area (Å²) in [7, 11) is -0.936. The first-order chi connectivity index (χ1) is 16.7. The summed E-state index contributed by atoms with van der Waals surface area (Å²) in [5.74, 6) is 0.533. The Kier molecular flexibility index (Phi) is 6.66. The second-order valence-corrected chi connectivity index (χ2v) is 9.74. The maximum atomic E-state index is 13.3. The number of carbonyl (C=O) groups is 1. The van der Waals surface area contributed by atoms with Gasteiger partial charge in [0.25, 0.3) is 10.0 Å². The number of anilines is 2. The molecule has 0 fully saturated rings. The van der Waals surface area contributed by atoms with E-state index in [0.29, 0.717) is 28.3 Å². The van der Waals surface area contributed by atoms with Gasteiger partial charge in [0, 0.05) is 29.8 Å². The van der Waals surface area contributed by atoms with Crippen molar-refractivity contribution < 1.29 is 22.7 Å². The highest BCUT2D eigenvalue weighted by Gasteiger charge is 2.22. The Bertz CT molecular complexity index is 1510. The van der Waals surface area contributed by atoms with Crippen molar-refractivity contribution >= 4 is 38.1 Å². The first-order valence-corrected chi connectivity index (χ1v) is 12.4. The summed E-state index contributed by atoms with van der Waals surface area (Å²) in [5.41, 5.74) is 2.96. The van der Waals surface area contributed by atoms with E-state index in [0.717, 1.165) is 16.3 Å². The normalized spacial score (nSPS) is 11.2. The molecule has 0 aliphatic carbocycles. The minimum Gasteiger partial charge on any atom is -0.493 e. The van der Waals surface area contributed by atoms with E-state index < -0.39 is 10.0 Å². The lowest BCUT2D eigenvalue weighted by Crippen LogP contribution is -2.14. The van der Waals surface area contributed by atoms with Gasteiger partial charge in [-0.05, 0) is 42.0 Å². The van der Waals surface area contributed by atoms with Crippen LogP contribution in [-0.2, 0) is 14.8 Å². The monoisotopic (exact) mass is 490 g/mol. The van der Waals surface area contributed by atoms with E-state index in [4.69, 9.17) is 9.47 Å². The molecule has 0 saturated heterocycles. The molecule has 4 rings (SSSR count). The number of aryl methyl sites for hydroxylation is 1. The molecule has 1 amide bonds. The predicted molar refractivity (Wildman–Crippen MR) is 139 cm³/mol. The lowest BCUT2D eigenvalue weighted by Gasteiger charge is -2.20. The highest BCUT2D eigenvalue weighted by Crippen LogP contribution is 2.45. The van der Waals surface area contributed by atoms with Crippen molar-refractivity contribution in [1.82, 2.24) is 0 Å². The molecular weight excluding hydrogens is 464 g/mol. The fraction of sp³-hybridized carbons (Fsp3) is 0.148. The lowest BCUT2D eigenvalue weighted by atomic mass is 9.94. The largest absolute Gasteiger partial charge is 0.493 e. The Morgan fingerprint density at radius 1 is 0.829 bits per heavy atom. The van der Waals surface area contributed by atoms with Gasteiger partial charge in [0.05, 0.1) is 24.8 Å². The Labute approximate surface area is 204 Å². The molecule has 8 heteroatoms. The zero-order chi connectivity index (χ0) is 25.2. The van der Waals surface area contributed by atoms with E-state index in [-0.39, 0.29) is 16.5 Å². The van der Waals surface area contributed by atoms with Gasteiger partial charge in [-0.2, -0.15) is 0 Å². The number of sulfonamides is 1. The van der Waals surface area contributed by atoms with Crippen molar-refractivity contribution in [3.63, 3.8) is 0 Å². The van der Waals surface area contributed by atoms with Gasteiger partial charge in [-0.1, -0.05) is 48.0 Å². The molecule has 0 unspecified atom stereocenters.